The van der Waals surface area contributed by atoms with Gasteiger partial charge < -0.3 is 10.5 Å². The van der Waals surface area contributed by atoms with Crippen molar-refractivity contribution < 1.29 is 4.74 Å². The quantitative estimate of drug-likeness (QED) is 0.710. The summed E-state index contributed by atoms with van der Waals surface area (Å²) in [5.41, 5.74) is 7.48. The second-order valence-electron chi connectivity index (χ2n) is 4.26. The average molecular weight is 251 g/mol. The van der Waals surface area contributed by atoms with Gasteiger partial charge in [0, 0.05) is 35.1 Å². The van der Waals surface area contributed by atoms with Crippen molar-refractivity contribution in [3.05, 3.63) is 54.6 Å². The second-order valence-corrected chi connectivity index (χ2v) is 4.26. The zero-order valence-electron chi connectivity index (χ0n) is 10.5. The van der Waals surface area contributed by atoms with Gasteiger partial charge in [-0.3, -0.25) is 9.97 Å². The largest absolute Gasteiger partial charge is 0.455 e. The maximum atomic E-state index is 5.94. The highest BCUT2D eigenvalue weighted by molar-refractivity contribution is 5.96. The fourth-order valence-corrected chi connectivity index (χ4v) is 1.97. The molecule has 2 aromatic heterocycles. The summed E-state index contributed by atoms with van der Waals surface area (Å²) in [5, 5.41) is 1.83. The van der Waals surface area contributed by atoms with Crippen LogP contribution in [0.25, 0.3) is 10.8 Å². The van der Waals surface area contributed by atoms with Crippen LogP contribution in [-0.4, -0.2) is 9.97 Å². The molecule has 4 nitrogen and oxygen atoms in total. The molecule has 0 fully saturated rings. The third-order valence-electron chi connectivity index (χ3n) is 2.99. The number of nitrogen functional groups attached to an aromatic ring is 1. The number of nitrogens with zero attached hydrogens (tertiary/aromatic N) is 2. The van der Waals surface area contributed by atoms with Gasteiger partial charge in [-0.05, 0) is 37.3 Å². The molecule has 3 aromatic rings. The van der Waals surface area contributed by atoms with E-state index in [0.717, 1.165) is 28.0 Å². The normalized spacial score (nSPS) is 10.6. The summed E-state index contributed by atoms with van der Waals surface area (Å²) in [7, 11) is 0. The number of hydrogen-bond donors (Lipinski definition) is 1. The molecule has 0 unspecified atom stereocenters. The lowest BCUT2D eigenvalue weighted by Crippen LogP contribution is -1.93. The van der Waals surface area contributed by atoms with Crippen LogP contribution in [0.5, 0.6) is 11.5 Å². The average Bonchev–Trinajstić information content (AvgIpc) is 2.44. The first-order valence-electron chi connectivity index (χ1n) is 5.97. The van der Waals surface area contributed by atoms with Crippen molar-refractivity contribution in [2.75, 3.05) is 5.73 Å². The molecule has 0 aliphatic rings. The number of aromatic nitrogens is 2. The summed E-state index contributed by atoms with van der Waals surface area (Å²) < 4.78 is 5.93. The van der Waals surface area contributed by atoms with Gasteiger partial charge >= 0.3 is 0 Å². The van der Waals surface area contributed by atoms with Crippen molar-refractivity contribution in [2.24, 2.45) is 0 Å². The fraction of sp³-hybridized carbons (Fsp3) is 0.0667. The maximum absolute atomic E-state index is 5.94. The third kappa shape index (κ3) is 2.08. The molecule has 0 radical (unpaired) electrons. The number of nitrogens with two attached hydrogens (primary N) is 1. The van der Waals surface area contributed by atoms with Crippen LogP contribution >= 0.6 is 0 Å². The lowest BCUT2D eigenvalue weighted by Gasteiger charge is -2.11. The number of fused-ring (bicyclic) bond motifs is 1. The van der Waals surface area contributed by atoms with Crippen molar-refractivity contribution in [2.45, 2.75) is 6.92 Å². The SMILES string of the molecule is Cc1ncccc1Oc1ccc(N)c2cnccc12. The van der Waals surface area contributed by atoms with Crippen LogP contribution in [0.3, 0.4) is 0 Å². The standard InChI is InChI=1S/C15H13N3O/c1-10-14(3-2-7-18-10)19-15-5-4-13(16)12-9-17-8-6-11(12)15/h2-9H,16H2,1H3. The Morgan fingerprint density at radius 2 is 1.89 bits per heavy atom. The summed E-state index contributed by atoms with van der Waals surface area (Å²) in [5.74, 6) is 1.49. The van der Waals surface area contributed by atoms with E-state index in [0.29, 0.717) is 5.69 Å². The Kier molecular flexibility index (Phi) is 2.76. The van der Waals surface area contributed by atoms with E-state index in [1.807, 2.05) is 37.3 Å². The Labute approximate surface area is 110 Å². The Balaban J connectivity index is 2.12. The van der Waals surface area contributed by atoms with Crippen molar-refractivity contribution in [3.8, 4) is 11.5 Å². The minimum absolute atomic E-state index is 0.693. The monoisotopic (exact) mass is 251 g/mol. The Morgan fingerprint density at radius 3 is 2.74 bits per heavy atom. The van der Waals surface area contributed by atoms with E-state index >= 15 is 0 Å². The van der Waals surface area contributed by atoms with E-state index in [-0.39, 0.29) is 0 Å². The van der Waals surface area contributed by atoms with E-state index in [2.05, 4.69) is 9.97 Å². The van der Waals surface area contributed by atoms with Gasteiger partial charge in [-0.25, -0.2) is 0 Å². The van der Waals surface area contributed by atoms with Gasteiger partial charge in [-0.1, -0.05) is 0 Å². The molecule has 2 N–H and O–H groups in total. The summed E-state index contributed by atoms with van der Waals surface area (Å²) >= 11 is 0. The minimum atomic E-state index is 0.693. The molecule has 3 rings (SSSR count). The van der Waals surface area contributed by atoms with Crippen molar-refractivity contribution >= 4 is 16.5 Å². The fourth-order valence-electron chi connectivity index (χ4n) is 1.97. The first-order valence-corrected chi connectivity index (χ1v) is 5.97. The first kappa shape index (κ1) is 11.5. The Hall–Kier alpha value is -2.62. The molecule has 0 bridgehead atoms. The summed E-state index contributed by atoms with van der Waals surface area (Å²) in [6.07, 6.45) is 5.21. The molecule has 4 heteroatoms. The molecule has 0 aliphatic heterocycles. The highest BCUT2D eigenvalue weighted by Crippen LogP contribution is 2.33. The predicted octanol–water partition coefficient (Wildman–Crippen LogP) is 3.31. The van der Waals surface area contributed by atoms with E-state index in [1.165, 1.54) is 0 Å². The topological polar surface area (TPSA) is 61.0 Å². The molecule has 0 amide bonds. The number of rotatable bonds is 2. The molecule has 0 saturated carbocycles. The van der Waals surface area contributed by atoms with Crippen LogP contribution < -0.4 is 10.5 Å². The van der Waals surface area contributed by atoms with Gasteiger partial charge in [0.1, 0.15) is 11.5 Å². The number of hydrogen-bond acceptors (Lipinski definition) is 4. The number of anilines is 1. The highest BCUT2D eigenvalue weighted by Gasteiger charge is 2.07. The maximum Gasteiger partial charge on any atom is 0.148 e. The highest BCUT2D eigenvalue weighted by atomic mass is 16.5. The van der Waals surface area contributed by atoms with E-state index in [9.17, 15) is 0 Å². The van der Waals surface area contributed by atoms with E-state index < -0.39 is 0 Å². The third-order valence-corrected chi connectivity index (χ3v) is 2.99. The molecule has 2 heterocycles. The van der Waals surface area contributed by atoms with Gasteiger partial charge in [-0.2, -0.15) is 0 Å². The number of ether oxygens (including phenoxy) is 1. The molecule has 0 aliphatic carbocycles. The number of benzene rings is 1. The van der Waals surface area contributed by atoms with Gasteiger partial charge in [0.05, 0.1) is 5.69 Å². The molecule has 19 heavy (non-hydrogen) atoms. The Morgan fingerprint density at radius 1 is 1.00 bits per heavy atom. The van der Waals surface area contributed by atoms with Crippen molar-refractivity contribution in [1.82, 2.24) is 9.97 Å². The molecular weight excluding hydrogens is 238 g/mol. The van der Waals surface area contributed by atoms with E-state index in [1.54, 1.807) is 18.6 Å². The first-order chi connectivity index (χ1) is 9.25. The van der Waals surface area contributed by atoms with Crippen LogP contribution in [0, 0.1) is 6.92 Å². The molecule has 0 atom stereocenters. The summed E-state index contributed by atoms with van der Waals surface area (Å²) in [4.78, 5) is 8.30. The predicted molar refractivity (Wildman–Crippen MR) is 75.2 cm³/mol. The zero-order chi connectivity index (χ0) is 13.2. The van der Waals surface area contributed by atoms with Gasteiger partial charge in [-0.15, -0.1) is 0 Å². The lowest BCUT2D eigenvalue weighted by molar-refractivity contribution is 0.481. The number of aryl methyl sites for hydroxylation is 1. The van der Waals surface area contributed by atoms with Crippen LogP contribution in [0.1, 0.15) is 5.69 Å². The summed E-state index contributed by atoms with van der Waals surface area (Å²) in [6.45, 7) is 1.91. The zero-order valence-corrected chi connectivity index (χ0v) is 10.5. The smallest absolute Gasteiger partial charge is 0.148 e. The van der Waals surface area contributed by atoms with Crippen LogP contribution in [0.2, 0.25) is 0 Å². The van der Waals surface area contributed by atoms with Crippen molar-refractivity contribution in [1.29, 1.82) is 0 Å². The van der Waals surface area contributed by atoms with E-state index in [4.69, 9.17) is 10.5 Å². The molecule has 94 valence electrons. The van der Waals surface area contributed by atoms with Gasteiger partial charge in [0.2, 0.25) is 0 Å². The minimum Gasteiger partial charge on any atom is -0.455 e. The van der Waals surface area contributed by atoms with Gasteiger partial charge in [0.15, 0.2) is 0 Å². The molecule has 0 spiro atoms. The van der Waals surface area contributed by atoms with Gasteiger partial charge in [0.25, 0.3) is 0 Å². The molecule has 1 aromatic carbocycles. The van der Waals surface area contributed by atoms with Crippen molar-refractivity contribution in [3.63, 3.8) is 0 Å². The lowest BCUT2D eigenvalue weighted by atomic mass is 10.1. The summed E-state index contributed by atoms with van der Waals surface area (Å²) in [6, 6.07) is 9.33. The molecule has 0 saturated heterocycles. The van der Waals surface area contributed by atoms with Crippen LogP contribution in [0.15, 0.2) is 48.9 Å². The van der Waals surface area contributed by atoms with Crippen LogP contribution in [0.4, 0.5) is 5.69 Å². The second kappa shape index (κ2) is 4.57. The molecular formula is C15H13N3O. The Bertz CT molecular complexity index is 740. The van der Waals surface area contributed by atoms with Crippen LogP contribution in [-0.2, 0) is 0 Å². The number of pyridine rings is 2.